The van der Waals surface area contributed by atoms with E-state index in [-0.39, 0.29) is 38.6 Å². The molecule has 10 heteroatoms. The Kier molecular flexibility index (Phi) is 6.73. The molecule has 168 valence electrons. The van der Waals surface area contributed by atoms with Gasteiger partial charge in [0.15, 0.2) is 0 Å². The third-order valence-corrected chi connectivity index (χ3v) is 7.26. The Bertz CT molecular complexity index is 1060. The molecular formula is C21H24F3N3O3S. The Labute approximate surface area is 179 Å². The van der Waals surface area contributed by atoms with Crippen molar-refractivity contribution in [2.24, 2.45) is 0 Å². The smallest absolute Gasteiger partial charge is 0.325 e. The van der Waals surface area contributed by atoms with Gasteiger partial charge < -0.3 is 5.32 Å². The highest BCUT2D eigenvalue weighted by molar-refractivity contribution is 7.89. The molecule has 1 heterocycles. The number of benzene rings is 2. The van der Waals surface area contributed by atoms with Gasteiger partial charge in [-0.3, -0.25) is 9.69 Å². The van der Waals surface area contributed by atoms with Crippen molar-refractivity contribution in [3.05, 3.63) is 59.2 Å². The number of aryl methyl sites for hydroxylation is 2. The molecule has 6 nitrogen and oxygen atoms in total. The molecular weight excluding hydrogens is 431 g/mol. The summed E-state index contributed by atoms with van der Waals surface area (Å²) >= 11 is 0. The molecule has 0 aromatic heterocycles. The minimum Gasteiger partial charge on any atom is -0.325 e. The number of carbonyl (C=O) groups excluding carboxylic acids is 1. The molecule has 3 rings (SSSR count). The van der Waals surface area contributed by atoms with Crippen LogP contribution >= 0.6 is 0 Å². The zero-order valence-electron chi connectivity index (χ0n) is 17.2. The van der Waals surface area contributed by atoms with Gasteiger partial charge in [-0.2, -0.15) is 17.5 Å². The second kappa shape index (κ2) is 8.97. The zero-order chi connectivity index (χ0) is 22.8. The van der Waals surface area contributed by atoms with Gasteiger partial charge in [0.05, 0.1) is 17.0 Å². The molecule has 1 aliphatic rings. The van der Waals surface area contributed by atoms with Gasteiger partial charge in [0, 0.05) is 31.9 Å². The number of nitrogens with one attached hydrogen (secondary N) is 1. The van der Waals surface area contributed by atoms with Gasteiger partial charge in [0.2, 0.25) is 15.9 Å². The molecule has 2 aromatic rings. The summed E-state index contributed by atoms with van der Waals surface area (Å²) in [5, 5.41) is 2.81. The summed E-state index contributed by atoms with van der Waals surface area (Å²) in [6, 6.07) is 9.76. The number of rotatable bonds is 5. The first-order valence-corrected chi connectivity index (χ1v) is 11.2. The van der Waals surface area contributed by atoms with Crippen molar-refractivity contribution in [1.29, 1.82) is 0 Å². The molecule has 0 bridgehead atoms. The Morgan fingerprint density at radius 2 is 1.65 bits per heavy atom. The number of halogens is 3. The van der Waals surface area contributed by atoms with Crippen LogP contribution in [0.25, 0.3) is 0 Å². The average molecular weight is 456 g/mol. The van der Waals surface area contributed by atoms with E-state index in [2.05, 4.69) is 5.32 Å². The fourth-order valence-electron chi connectivity index (χ4n) is 3.42. The van der Waals surface area contributed by atoms with Crippen LogP contribution in [0.3, 0.4) is 0 Å². The monoisotopic (exact) mass is 455 g/mol. The third kappa shape index (κ3) is 5.44. The van der Waals surface area contributed by atoms with E-state index in [0.29, 0.717) is 5.69 Å². The van der Waals surface area contributed by atoms with Gasteiger partial charge in [-0.1, -0.05) is 18.2 Å². The van der Waals surface area contributed by atoms with Crippen LogP contribution in [0.1, 0.15) is 16.7 Å². The number of hydrogen-bond acceptors (Lipinski definition) is 4. The maximum absolute atomic E-state index is 13.2. The summed E-state index contributed by atoms with van der Waals surface area (Å²) in [6.45, 7) is 4.49. The Balaban J connectivity index is 1.61. The molecule has 1 saturated heterocycles. The number of nitrogens with zero attached hydrogens (tertiary/aromatic N) is 2. The maximum atomic E-state index is 13.2. The summed E-state index contributed by atoms with van der Waals surface area (Å²) in [6.07, 6.45) is -4.77. The predicted octanol–water partition coefficient (Wildman–Crippen LogP) is 3.27. The van der Waals surface area contributed by atoms with E-state index in [1.54, 1.807) is 4.90 Å². The summed E-state index contributed by atoms with van der Waals surface area (Å²) < 4.78 is 66.4. The summed E-state index contributed by atoms with van der Waals surface area (Å²) in [4.78, 5) is 13.4. The topological polar surface area (TPSA) is 69.7 Å². The minimum absolute atomic E-state index is 0.00540. The molecule has 0 radical (unpaired) electrons. The van der Waals surface area contributed by atoms with E-state index < -0.39 is 26.7 Å². The molecule has 1 N–H and O–H groups in total. The lowest BCUT2D eigenvalue weighted by Gasteiger charge is -2.34. The van der Waals surface area contributed by atoms with Gasteiger partial charge in [0.25, 0.3) is 0 Å². The molecule has 0 spiro atoms. The standard InChI is InChI=1S/C21H24F3N3O3S/c1-15-7-8-17(13-16(15)2)25-20(28)14-26-9-11-27(12-10-26)31(29,30)19-6-4-3-5-18(19)21(22,23)24/h3-8,13H,9-12,14H2,1-2H3,(H,25,28). The van der Waals surface area contributed by atoms with Crippen molar-refractivity contribution in [2.45, 2.75) is 24.9 Å². The lowest BCUT2D eigenvalue weighted by molar-refractivity contribution is -0.140. The fourth-order valence-corrected chi connectivity index (χ4v) is 5.05. The molecule has 31 heavy (non-hydrogen) atoms. The summed E-state index contributed by atoms with van der Waals surface area (Å²) in [5.74, 6) is -0.234. The summed E-state index contributed by atoms with van der Waals surface area (Å²) in [7, 11) is -4.30. The van der Waals surface area contributed by atoms with Gasteiger partial charge in [0.1, 0.15) is 0 Å². The molecule has 1 amide bonds. The van der Waals surface area contributed by atoms with E-state index in [9.17, 15) is 26.4 Å². The van der Waals surface area contributed by atoms with Crippen LogP contribution < -0.4 is 5.32 Å². The molecule has 0 aliphatic carbocycles. The highest BCUT2D eigenvalue weighted by Crippen LogP contribution is 2.35. The first-order valence-electron chi connectivity index (χ1n) is 9.74. The molecule has 0 atom stereocenters. The van der Waals surface area contributed by atoms with E-state index >= 15 is 0 Å². The van der Waals surface area contributed by atoms with Crippen LogP contribution in [0.5, 0.6) is 0 Å². The van der Waals surface area contributed by atoms with Crippen molar-refractivity contribution >= 4 is 21.6 Å². The lowest BCUT2D eigenvalue weighted by atomic mass is 10.1. The third-order valence-electron chi connectivity index (χ3n) is 5.30. The highest BCUT2D eigenvalue weighted by atomic mass is 32.2. The normalized spacial score (nSPS) is 16.3. The fraction of sp³-hybridized carbons (Fsp3) is 0.381. The SMILES string of the molecule is Cc1ccc(NC(=O)CN2CCN(S(=O)(=O)c3ccccc3C(F)(F)F)CC2)cc1C. The van der Waals surface area contributed by atoms with Crippen molar-refractivity contribution in [3.8, 4) is 0 Å². The van der Waals surface area contributed by atoms with Crippen LogP contribution in [0.4, 0.5) is 18.9 Å². The Hall–Kier alpha value is -2.43. The average Bonchev–Trinajstić information content (AvgIpc) is 2.70. The van der Waals surface area contributed by atoms with Crippen molar-refractivity contribution in [2.75, 3.05) is 38.0 Å². The van der Waals surface area contributed by atoms with E-state index in [4.69, 9.17) is 0 Å². The molecule has 0 unspecified atom stereocenters. The Morgan fingerprint density at radius 1 is 1.00 bits per heavy atom. The second-order valence-electron chi connectivity index (χ2n) is 7.52. The molecule has 1 fully saturated rings. The quantitative estimate of drug-likeness (QED) is 0.752. The number of carbonyl (C=O) groups is 1. The Morgan fingerprint density at radius 3 is 2.26 bits per heavy atom. The molecule has 1 aliphatic heterocycles. The highest BCUT2D eigenvalue weighted by Gasteiger charge is 2.39. The number of hydrogen-bond donors (Lipinski definition) is 1. The van der Waals surface area contributed by atoms with Gasteiger partial charge in [-0.05, 0) is 49.2 Å². The first-order chi connectivity index (χ1) is 14.5. The van der Waals surface area contributed by atoms with Crippen LogP contribution in [-0.4, -0.2) is 56.3 Å². The number of sulfonamides is 1. The van der Waals surface area contributed by atoms with Crippen LogP contribution in [0, 0.1) is 13.8 Å². The largest absolute Gasteiger partial charge is 0.417 e. The predicted molar refractivity (Wildman–Crippen MR) is 111 cm³/mol. The minimum atomic E-state index is -4.77. The van der Waals surface area contributed by atoms with E-state index in [0.717, 1.165) is 33.6 Å². The molecule has 2 aromatic carbocycles. The van der Waals surface area contributed by atoms with Crippen LogP contribution in [0.15, 0.2) is 47.4 Å². The van der Waals surface area contributed by atoms with Crippen molar-refractivity contribution in [3.63, 3.8) is 0 Å². The number of piperazine rings is 1. The molecule has 0 saturated carbocycles. The van der Waals surface area contributed by atoms with Gasteiger partial charge >= 0.3 is 6.18 Å². The number of alkyl halides is 3. The van der Waals surface area contributed by atoms with Crippen molar-refractivity contribution < 1.29 is 26.4 Å². The maximum Gasteiger partial charge on any atom is 0.417 e. The van der Waals surface area contributed by atoms with Crippen molar-refractivity contribution in [1.82, 2.24) is 9.21 Å². The van der Waals surface area contributed by atoms with Gasteiger partial charge in [-0.15, -0.1) is 0 Å². The number of amides is 1. The van der Waals surface area contributed by atoms with E-state index in [1.807, 2.05) is 32.0 Å². The van der Waals surface area contributed by atoms with Crippen LogP contribution in [0.2, 0.25) is 0 Å². The second-order valence-corrected chi connectivity index (χ2v) is 9.43. The number of anilines is 1. The summed E-state index contributed by atoms with van der Waals surface area (Å²) in [5.41, 5.74) is 1.67. The first kappa shape index (κ1) is 23.2. The van der Waals surface area contributed by atoms with E-state index in [1.165, 1.54) is 6.07 Å². The lowest BCUT2D eigenvalue weighted by Crippen LogP contribution is -2.50. The van der Waals surface area contributed by atoms with Gasteiger partial charge in [-0.25, -0.2) is 8.42 Å². The van der Waals surface area contributed by atoms with Crippen LogP contribution in [-0.2, 0) is 21.0 Å². The zero-order valence-corrected chi connectivity index (χ0v) is 18.1.